The molecule has 0 spiro atoms. The van der Waals surface area contributed by atoms with Crippen molar-refractivity contribution in [2.24, 2.45) is 0 Å². The zero-order valence-corrected chi connectivity index (χ0v) is 8.97. The van der Waals surface area contributed by atoms with E-state index in [-0.39, 0.29) is 5.37 Å². The van der Waals surface area contributed by atoms with Crippen molar-refractivity contribution in [3.63, 3.8) is 0 Å². The predicted octanol–water partition coefficient (Wildman–Crippen LogP) is -2.92. The van der Waals surface area contributed by atoms with E-state index in [1.807, 2.05) is 0 Å². The molecule has 1 saturated heterocycles. The molecule has 0 aromatic rings. The first-order valence-corrected chi connectivity index (χ1v) is 5.81. The summed E-state index contributed by atoms with van der Waals surface area (Å²) in [5, 5.41) is 48.8. The fourth-order valence-electron chi connectivity index (χ4n) is 1.38. The SMILES string of the molecule is OC[C@@H](O)[C@@H](O)[C@@H](O)[C@@H](O)[C@H]1NCCS1. The minimum absolute atomic E-state index is 0.347. The summed E-state index contributed by atoms with van der Waals surface area (Å²) >= 11 is 1.44. The molecular weight excluding hydrogens is 222 g/mol. The Morgan fingerprint density at radius 2 is 1.87 bits per heavy atom. The van der Waals surface area contributed by atoms with E-state index < -0.39 is 31.0 Å². The molecule has 1 rings (SSSR count). The van der Waals surface area contributed by atoms with E-state index in [4.69, 9.17) is 10.2 Å². The van der Waals surface area contributed by atoms with Gasteiger partial charge in [-0.15, -0.1) is 11.8 Å². The monoisotopic (exact) mass is 239 g/mol. The Morgan fingerprint density at radius 3 is 2.33 bits per heavy atom. The van der Waals surface area contributed by atoms with Crippen LogP contribution in [0.2, 0.25) is 0 Å². The quantitative estimate of drug-likeness (QED) is 0.305. The van der Waals surface area contributed by atoms with Crippen molar-refractivity contribution in [1.29, 1.82) is 0 Å². The Bertz CT molecular complexity index is 190. The summed E-state index contributed by atoms with van der Waals surface area (Å²) in [5.74, 6) is 0.826. The van der Waals surface area contributed by atoms with Gasteiger partial charge in [-0.1, -0.05) is 0 Å². The zero-order valence-electron chi connectivity index (χ0n) is 8.15. The second-order valence-corrected chi connectivity index (χ2v) is 4.72. The molecule has 1 heterocycles. The average molecular weight is 239 g/mol. The summed E-state index contributed by atoms with van der Waals surface area (Å²) in [7, 11) is 0. The number of aliphatic hydroxyl groups excluding tert-OH is 5. The summed E-state index contributed by atoms with van der Waals surface area (Å²) in [5.41, 5.74) is 0. The first-order chi connectivity index (χ1) is 7.07. The molecule has 6 N–H and O–H groups in total. The molecule has 1 aliphatic rings. The number of nitrogens with one attached hydrogen (secondary N) is 1. The molecule has 0 aromatic carbocycles. The number of thioether (sulfide) groups is 1. The van der Waals surface area contributed by atoms with Gasteiger partial charge in [0.2, 0.25) is 0 Å². The fraction of sp³-hybridized carbons (Fsp3) is 1.00. The van der Waals surface area contributed by atoms with Crippen LogP contribution in [0.15, 0.2) is 0 Å². The molecule has 0 unspecified atom stereocenters. The van der Waals surface area contributed by atoms with Crippen LogP contribution in [-0.2, 0) is 0 Å². The van der Waals surface area contributed by atoms with Crippen molar-refractivity contribution >= 4 is 11.8 Å². The summed E-state index contributed by atoms with van der Waals surface area (Å²) in [6.07, 6.45) is -5.64. The molecule has 0 radical (unpaired) electrons. The van der Waals surface area contributed by atoms with E-state index in [2.05, 4.69) is 5.32 Å². The molecule has 0 bridgehead atoms. The van der Waals surface area contributed by atoms with Gasteiger partial charge in [0, 0.05) is 12.3 Å². The van der Waals surface area contributed by atoms with Gasteiger partial charge in [0.05, 0.1) is 12.0 Å². The van der Waals surface area contributed by atoms with Gasteiger partial charge in [0.1, 0.15) is 24.4 Å². The van der Waals surface area contributed by atoms with Crippen LogP contribution in [0.3, 0.4) is 0 Å². The molecule has 7 heteroatoms. The third-order valence-electron chi connectivity index (χ3n) is 2.34. The molecule has 90 valence electrons. The first kappa shape index (κ1) is 13.2. The van der Waals surface area contributed by atoms with Crippen LogP contribution in [0.5, 0.6) is 0 Å². The third kappa shape index (κ3) is 3.28. The number of hydrogen-bond acceptors (Lipinski definition) is 7. The minimum atomic E-state index is -1.55. The lowest BCUT2D eigenvalue weighted by molar-refractivity contribution is -0.115. The summed E-state index contributed by atoms with van der Waals surface area (Å²) < 4.78 is 0. The molecule has 0 amide bonds. The van der Waals surface area contributed by atoms with Crippen molar-refractivity contribution < 1.29 is 25.5 Å². The topological polar surface area (TPSA) is 113 Å². The van der Waals surface area contributed by atoms with Crippen molar-refractivity contribution in [3.8, 4) is 0 Å². The maximum absolute atomic E-state index is 9.65. The highest BCUT2D eigenvalue weighted by Gasteiger charge is 2.35. The number of hydrogen-bond donors (Lipinski definition) is 6. The molecule has 5 atom stereocenters. The second kappa shape index (κ2) is 6.00. The molecule has 0 aliphatic carbocycles. The summed E-state index contributed by atoms with van der Waals surface area (Å²) in [6, 6.07) is 0. The Morgan fingerprint density at radius 1 is 1.20 bits per heavy atom. The summed E-state index contributed by atoms with van der Waals surface area (Å²) in [4.78, 5) is 0. The van der Waals surface area contributed by atoms with Crippen LogP contribution in [0, 0.1) is 0 Å². The normalized spacial score (nSPS) is 29.8. The van der Waals surface area contributed by atoms with Gasteiger partial charge >= 0.3 is 0 Å². The number of aliphatic hydroxyl groups is 5. The fourth-order valence-corrected chi connectivity index (χ4v) is 2.47. The molecule has 6 nitrogen and oxygen atoms in total. The van der Waals surface area contributed by atoms with Gasteiger partial charge in [0.15, 0.2) is 0 Å². The molecule has 15 heavy (non-hydrogen) atoms. The predicted molar refractivity (Wildman–Crippen MR) is 55.4 cm³/mol. The largest absolute Gasteiger partial charge is 0.394 e. The highest BCUT2D eigenvalue weighted by molar-refractivity contribution is 8.00. The highest BCUT2D eigenvalue weighted by Crippen LogP contribution is 2.20. The smallest absolute Gasteiger partial charge is 0.111 e. The Kier molecular flexibility index (Phi) is 5.27. The van der Waals surface area contributed by atoms with E-state index in [0.717, 1.165) is 12.3 Å². The maximum Gasteiger partial charge on any atom is 0.111 e. The van der Waals surface area contributed by atoms with Crippen LogP contribution in [-0.4, -0.2) is 74.2 Å². The van der Waals surface area contributed by atoms with E-state index in [1.165, 1.54) is 11.8 Å². The van der Waals surface area contributed by atoms with Crippen molar-refractivity contribution in [2.75, 3.05) is 18.9 Å². The van der Waals surface area contributed by atoms with Crippen LogP contribution in [0.25, 0.3) is 0 Å². The van der Waals surface area contributed by atoms with Gasteiger partial charge in [-0.3, -0.25) is 0 Å². The molecule has 0 saturated carbocycles. The van der Waals surface area contributed by atoms with Crippen molar-refractivity contribution in [2.45, 2.75) is 29.8 Å². The first-order valence-electron chi connectivity index (χ1n) is 4.76. The standard InChI is InChI=1S/C8H17NO5S/c10-3-4(11)5(12)6(13)7(14)8-9-1-2-15-8/h4-14H,1-3H2/t4-,5-,6-,7-,8+/m1/s1. The van der Waals surface area contributed by atoms with Gasteiger partial charge < -0.3 is 30.8 Å². The Balaban J connectivity index is 2.46. The van der Waals surface area contributed by atoms with Gasteiger partial charge in [0.25, 0.3) is 0 Å². The summed E-state index contributed by atoms with van der Waals surface area (Å²) in [6.45, 7) is 0.0773. The van der Waals surface area contributed by atoms with E-state index in [0.29, 0.717) is 0 Å². The van der Waals surface area contributed by atoms with Crippen LogP contribution >= 0.6 is 11.8 Å². The molecule has 1 aliphatic heterocycles. The number of rotatable bonds is 5. The van der Waals surface area contributed by atoms with Crippen LogP contribution in [0.1, 0.15) is 0 Å². The Labute approximate surface area is 91.9 Å². The second-order valence-electron chi connectivity index (χ2n) is 3.47. The maximum atomic E-state index is 9.65. The third-order valence-corrected chi connectivity index (χ3v) is 3.58. The molecule has 1 fully saturated rings. The average Bonchev–Trinajstić information content (AvgIpc) is 2.78. The van der Waals surface area contributed by atoms with Crippen LogP contribution < -0.4 is 5.32 Å². The lowest BCUT2D eigenvalue weighted by Gasteiger charge is -2.28. The molecule has 0 aromatic heterocycles. The van der Waals surface area contributed by atoms with Gasteiger partial charge in [-0.2, -0.15) is 0 Å². The van der Waals surface area contributed by atoms with E-state index in [1.54, 1.807) is 0 Å². The minimum Gasteiger partial charge on any atom is -0.394 e. The van der Waals surface area contributed by atoms with Crippen molar-refractivity contribution in [3.05, 3.63) is 0 Å². The van der Waals surface area contributed by atoms with Gasteiger partial charge in [-0.05, 0) is 0 Å². The van der Waals surface area contributed by atoms with E-state index >= 15 is 0 Å². The lowest BCUT2D eigenvalue weighted by atomic mass is 10.0. The Hall–Kier alpha value is 0.110. The zero-order chi connectivity index (χ0) is 11.4. The van der Waals surface area contributed by atoms with Crippen molar-refractivity contribution in [1.82, 2.24) is 5.32 Å². The highest BCUT2D eigenvalue weighted by atomic mass is 32.2. The lowest BCUT2D eigenvalue weighted by Crippen LogP contribution is -2.51. The van der Waals surface area contributed by atoms with Gasteiger partial charge in [-0.25, -0.2) is 0 Å². The van der Waals surface area contributed by atoms with Crippen LogP contribution in [0.4, 0.5) is 0 Å². The van der Waals surface area contributed by atoms with E-state index in [9.17, 15) is 15.3 Å². The molecular formula is C8H17NO5S.